The maximum atomic E-state index is 14.1. The maximum absolute atomic E-state index is 14.1. The van der Waals surface area contributed by atoms with Gasteiger partial charge in [0.05, 0.1) is 22.7 Å². The highest BCUT2D eigenvalue weighted by molar-refractivity contribution is 7.92. The van der Waals surface area contributed by atoms with Crippen LogP contribution in [0.5, 0.6) is 5.75 Å². The molecule has 0 fully saturated rings. The molecule has 1 unspecified atom stereocenters. The van der Waals surface area contributed by atoms with Crippen molar-refractivity contribution in [2.45, 2.75) is 50.7 Å². The number of carbonyl (C=O) groups excluding carboxylic acids is 2. The lowest BCUT2D eigenvalue weighted by atomic mass is 10.1. The van der Waals surface area contributed by atoms with Crippen molar-refractivity contribution in [3.05, 3.63) is 88.4 Å². The van der Waals surface area contributed by atoms with E-state index in [1.54, 1.807) is 49.4 Å². The van der Waals surface area contributed by atoms with Crippen molar-refractivity contribution in [1.82, 2.24) is 10.2 Å². The van der Waals surface area contributed by atoms with Crippen molar-refractivity contribution >= 4 is 50.7 Å². The van der Waals surface area contributed by atoms with E-state index in [1.807, 2.05) is 13.8 Å². The van der Waals surface area contributed by atoms with Gasteiger partial charge in [-0.05, 0) is 62.2 Å². The molecule has 0 aliphatic rings. The van der Waals surface area contributed by atoms with Crippen LogP contribution in [0.3, 0.4) is 0 Å². The molecule has 214 valence electrons. The zero-order valence-corrected chi connectivity index (χ0v) is 25.1. The summed E-state index contributed by atoms with van der Waals surface area (Å²) in [4.78, 5) is 28.6. The van der Waals surface area contributed by atoms with E-state index < -0.39 is 28.5 Å². The number of hydrogen-bond acceptors (Lipinski definition) is 5. The molecule has 3 aromatic rings. The molecule has 0 spiro atoms. The number of methoxy groups -OCH3 is 1. The Bertz CT molecular complexity index is 1430. The summed E-state index contributed by atoms with van der Waals surface area (Å²) < 4.78 is 33.9. The minimum Gasteiger partial charge on any atom is -0.495 e. The van der Waals surface area contributed by atoms with E-state index in [-0.39, 0.29) is 34.1 Å². The van der Waals surface area contributed by atoms with E-state index >= 15 is 0 Å². The summed E-state index contributed by atoms with van der Waals surface area (Å²) in [5.41, 5.74) is 0.790. The van der Waals surface area contributed by atoms with E-state index in [4.69, 9.17) is 27.9 Å². The summed E-state index contributed by atoms with van der Waals surface area (Å²) in [6.07, 6.45) is 0.300. The Morgan fingerprint density at radius 3 is 2.17 bits per heavy atom. The Morgan fingerprint density at radius 2 is 1.60 bits per heavy atom. The zero-order chi connectivity index (χ0) is 29.4. The van der Waals surface area contributed by atoms with Crippen molar-refractivity contribution in [3.8, 4) is 5.75 Å². The fourth-order valence-corrected chi connectivity index (χ4v) is 6.04. The molecule has 0 saturated heterocycles. The summed E-state index contributed by atoms with van der Waals surface area (Å²) in [7, 11) is -2.76. The number of hydrogen-bond donors (Lipinski definition) is 1. The number of rotatable bonds is 12. The monoisotopic (exact) mass is 605 g/mol. The fraction of sp³-hybridized carbons (Fsp3) is 0.310. The van der Waals surface area contributed by atoms with E-state index in [9.17, 15) is 18.0 Å². The van der Waals surface area contributed by atoms with Gasteiger partial charge in [-0.25, -0.2) is 8.42 Å². The number of amides is 2. The lowest BCUT2D eigenvalue weighted by Gasteiger charge is -2.33. The topological polar surface area (TPSA) is 96.0 Å². The molecule has 0 saturated carbocycles. The Balaban J connectivity index is 2.10. The van der Waals surface area contributed by atoms with Crippen molar-refractivity contribution in [3.63, 3.8) is 0 Å². The van der Waals surface area contributed by atoms with Crippen LogP contribution in [0.4, 0.5) is 5.69 Å². The van der Waals surface area contributed by atoms with Crippen molar-refractivity contribution in [2.24, 2.45) is 0 Å². The summed E-state index contributed by atoms with van der Waals surface area (Å²) in [5, 5.41) is 3.46. The summed E-state index contributed by atoms with van der Waals surface area (Å²) in [6.45, 7) is 4.86. The van der Waals surface area contributed by atoms with E-state index in [2.05, 4.69) is 5.32 Å². The molecule has 3 rings (SSSR count). The summed E-state index contributed by atoms with van der Waals surface area (Å²) >= 11 is 12.8. The van der Waals surface area contributed by atoms with E-state index in [1.165, 1.54) is 42.3 Å². The van der Waals surface area contributed by atoms with E-state index in [0.29, 0.717) is 22.8 Å². The van der Waals surface area contributed by atoms with Gasteiger partial charge in [0.1, 0.15) is 18.3 Å². The standard InChI is InChI=1S/C29H33Cl2N3O5S/c1-5-26(29(36)32-20(2)3)33(18-21-11-9-10-14-24(21)30)28(35)19-34(22-15-16-27(39-4)25(31)17-22)40(37,38)23-12-7-6-8-13-23/h6-17,20,26H,5,18-19H2,1-4H3,(H,32,36). The van der Waals surface area contributed by atoms with Gasteiger partial charge in [0.15, 0.2) is 0 Å². The molecule has 1 N–H and O–H groups in total. The molecule has 0 radical (unpaired) electrons. The number of ether oxygens (including phenoxy) is 1. The third-order valence-electron chi connectivity index (χ3n) is 6.15. The number of carbonyl (C=O) groups is 2. The first-order valence-electron chi connectivity index (χ1n) is 12.7. The molecular formula is C29H33Cl2N3O5S. The Hall–Kier alpha value is -3.27. The Kier molecular flexibility index (Phi) is 10.8. The van der Waals surface area contributed by atoms with Crippen LogP contribution in [0, 0.1) is 0 Å². The molecule has 2 amide bonds. The largest absolute Gasteiger partial charge is 0.495 e. The Morgan fingerprint density at radius 1 is 0.950 bits per heavy atom. The highest BCUT2D eigenvalue weighted by atomic mass is 35.5. The average molecular weight is 607 g/mol. The average Bonchev–Trinajstić information content (AvgIpc) is 2.92. The lowest BCUT2D eigenvalue weighted by molar-refractivity contribution is -0.140. The quantitative estimate of drug-likeness (QED) is 0.293. The van der Waals surface area contributed by atoms with Crippen LogP contribution in [-0.4, -0.2) is 50.9 Å². The predicted octanol–water partition coefficient (Wildman–Crippen LogP) is 5.53. The minimum absolute atomic E-state index is 0.00279. The van der Waals surface area contributed by atoms with Crippen LogP contribution in [0.2, 0.25) is 10.0 Å². The molecule has 0 aromatic heterocycles. The van der Waals surface area contributed by atoms with Crippen LogP contribution in [0.1, 0.15) is 32.8 Å². The first-order chi connectivity index (χ1) is 19.0. The third-order valence-corrected chi connectivity index (χ3v) is 8.60. The third kappa shape index (κ3) is 7.47. The van der Waals surface area contributed by atoms with Gasteiger partial charge in [-0.2, -0.15) is 0 Å². The number of anilines is 1. The van der Waals surface area contributed by atoms with Crippen LogP contribution in [0.15, 0.2) is 77.7 Å². The number of nitrogens with zero attached hydrogens (tertiary/aromatic N) is 2. The van der Waals surface area contributed by atoms with Gasteiger partial charge in [0.2, 0.25) is 11.8 Å². The first kappa shape index (κ1) is 31.3. The highest BCUT2D eigenvalue weighted by Crippen LogP contribution is 2.32. The number of nitrogens with one attached hydrogen (secondary N) is 1. The smallest absolute Gasteiger partial charge is 0.264 e. The zero-order valence-electron chi connectivity index (χ0n) is 22.8. The van der Waals surface area contributed by atoms with Crippen LogP contribution >= 0.6 is 23.2 Å². The van der Waals surface area contributed by atoms with Crippen LogP contribution in [-0.2, 0) is 26.2 Å². The second-order valence-corrected chi connectivity index (χ2v) is 12.0. The second kappa shape index (κ2) is 13.9. The van der Waals surface area contributed by atoms with E-state index in [0.717, 1.165) is 4.31 Å². The molecule has 8 nitrogen and oxygen atoms in total. The minimum atomic E-state index is -4.21. The fourth-order valence-electron chi connectivity index (χ4n) is 4.17. The van der Waals surface area contributed by atoms with Crippen LogP contribution in [0.25, 0.3) is 0 Å². The molecule has 0 aliphatic heterocycles. The Labute approximate surface area is 245 Å². The van der Waals surface area contributed by atoms with Crippen molar-refractivity contribution < 1.29 is 22.7 Å². The number of halogens is 2. The summed E-state index contributed by atoms with van der Waals surface area (Å²) in [5.74, 6) is -0.578. The van der Waals surface area contributed by atoms with Crippen molar-refractivity contribution in [1.29, 1.82) is 0 Å². The van der Waals surface area contributed by atoms with Crippen molar-refractivity contribution in [2.75, 3.05) is 18.0 Å². The molecular weight excluding hydrogens is 573 g/mol. The lowest BCUT2D eigenvalue weighted by Crippen LogP contribution is -2.53. The second-order valence-electron chi connectivity index (χ2n) is 9.34. The molecule has 0 aliphatic carbocycles. The number of benzene rings is 3. The van der Waals surface area contributed by atoms with Gasteiger partial charge in [0, 0.05) is 17.6 Å². The molecule has 0 bridgehead atoms. The first-order valence-corrected chi connectivity index (χ1v) is 14.9. The number of sulfonamides is 1. The van der Waals surface area contributed by atoms with Gasteiger partial charge in [0.25, 0.3) is 10.0 Å². The molecule has 3 aromatic carbocycles. The normalized spacial score (nSPS) is 12.1. The van der Waals surface area contributed by atoms with Gasteiger partial charge in [-0.1, -0.05) is 66.5 Å². The van der Waals surface area contributed by atoms with Gasteiger partial charge in [-0.15, -0.1) is 0 Å². The summed E-state index contributed by atoms with van der Waals surface area (Å²) in [6, 6.07) is 18.2. The maximum Gasteiger partial charge on any atom is 0.264 e. The van der Waals surface area contributed by atoms with Crippen LogP contribution < -0.4 is 14.4 Å². The van der Waals surface area contributed by atoms with Gasteiger partial charge >= 0.3 is 0 Å². The molecule has 11 heteroatoms. The van der Waals surface area contributed by atoms with Gasteiger partial charge < -0.3 is 15.0 Å². The molecule has 40 heavy (non-hydrogen) atoms. The predicted molar refractivity (Wildman–Crippen MR) is 158 cm³/mol. The molecule has 0 heterocycles. The molecule has 1 atom stereocenters. The van der Waals surface area contributed by atoms with Gasteiger partial charge in [-0.3, -0.25) is 13.9 Å². The SMILES string of the molecule is CCC(C(=O)NC(C)C)N(Cc1ccccc1Cl)C(=O)CN(c1ccc(OC)c(Cl)c1)S(=O)(=O)c1ccccc1. The highest BCUT2D eigenvalue weighted by Gasteiger charge is 2.34.